The van der Waals surface area contributed by atoms with Crippen molar-refractivity contribution in [3.05, 3.63) is 47.4 Å². The Labute approximate surface area is 165 Å². The number of halogens is 1. The SMILES string of the molecule is COC(=O)C1=COC(C)[C@H]2CN3CCc4c([nH]c5ccccc45)[C@@H]3C[C@H]12.Cl. The number of H-pyrrole nitrogens is 1. The van der Waals surface area contributed by atoms with Gasteiger partial charge in [-0.1, -0.05) is 18.2 Å². The smallest absolute Gasteiger partial charge is 0.337 e. The van der Waals surface area contributed by atoms with Crippen LogP contribution in [0.25, 0.3) is 10.9 Å². The zero-order valence-corrected chi connectivity index (χ0v) is 16.4. The Morgan fingerprint density at radius 2 is 2.15 bits per heavy atom. The van der Waals surface area contributed by atoms with Gasteiger partial charge in [-0.25, -0.2) is 4.79 Å². The first-order valence-corrected chi connectivity index (χ1v) is 9.44. The molecule has 0 radical (unpaired) electrons. The van der Waals surface area contributed by atoms with E-state index >= 15 is 0 Å². The number of para-hydroxylation sites is 1. The molecule has 0 spiro atoms. The highest BCUT2D eigenvalue weighted by Gasteiger charge is 2.46. The number of ether oxygens (including phenoxy) is 2. The summed E-state index contributed by atoms with van der Waals surface area (Å²) in [6.07, 6.45) is 3.77. The number of fused-ring (bicyclic) bond motifs is 6. The molecule has 6 heteroatoms. The van der Waals surface area contributed by atoms with E-state index in [1.54, 1.807) is 6.26 Å². The summed E-state index contributed by atoms with van der Waals surface area (Å²) in [5.41, 5.74) is 4.69. The highest BCUT2D eigenvalue weighted by molar-refractivity contribution is 5.89. The number of piperidine rings is 1. The summed E-state index contributed by atoms with van der Waals surface area (Å²) in [7, 11) is 1.45. The maximum absolute atomic E-state index is 12.3. The number of nitrogens with one attached hydrogen (secondary N) is 1. The predicted molar refractivity (Wildman–Crippen MR) is 106 cm³/mol. The number of rotatable bonds is 1. The van der Waals surface area contributed by atoms with E-state index in [0.717, 1.165) is 25.9 Å². The standard InChI is InChI=1S/C21H24N2O3.ClH/c1-12-16-10-23-8-7-14-13-5-3-4-6-18(13)22-20(14)19(23)9-15(16)17(11-26-12)21(24)25-2;/h3-6,11-12,15-16,19,22H,7-10H2,1-2H3;1H/t12?,15-,16+,19-;/m0./s1. The van der Waals surface area contributed by atoms with Gasteiger partial charge in [0.25, 0.3) is 0 Å². The van der Waals surface area contributed by atoms with Crippen LogP contribution in [0, 0.1) is 11.8 Å². The lowest BCUT2D eigenvalue weighted by Crippen LogP contribution is -2.51. The summed E-state index contributed by atoms with van der Waals surface area (Å²) in [6.45, 7) is 4.13. The van der Waals surface area contributed by atoms with Gasteiger partial charge >= 0.3 is 5.97 Å². The minimum atomic E-state index is -0.256. The van der Waals surface area contributed by atoms with Crippen molar-refractivity contribution < 1.29 is 14.3 Å². The third kappa shape index (κ3) is 2.75. The summed E-state index contributed by atoms with van der Waals surface area (Å²) >= 11 is 0. The van der Waals surface area contributed by atoms with E-state index in [1.807, 2.05) is 0 Å². The Kier molecular flexibility index (Phi) is 4.68. The molecule has 144 valence electrons. The van der Waals surface area contributed by atoms with Crippen molar-refractivity contribution in [3.8, 4) is 0 Å². The van der Waals surface area contributed by atoms with Crippen LogP contribution in [0.2, 0.25) is 0 Å². The average molecular weight is 389 g/mol. The number of nitrogens with zero attached hydrogens (tertiary/aromatic N) is 1. The molecule has 4 atom stereocenters. The van der Waals surface area contributed by atoms with Crippen molar-refractivity contribution in [2.45, 2.75) is 31.9 Å². The van der Waals surface area contributed by atoms with Crippen LogP contribution in [-0.2, 0) is 20.7 Å². The van der Waals surface area contributed by atoms with Gasteiger partial charge in [-0.05, 0) is 31.4 Å². The van der Waals surface area contributed by atoms with Crippen LogP contribution in [0.15, 0.2) is 36.1 Å². The first-order chi connectivity index (χ1) is 12.7. The number of carbonyl (C=O) groups is 1. The van der Waals surface area contributed by atoms with Crippen molar-refractivity contribution >= 4 is 29.3 Å². The van der Waals surface area contributed by atoms with Crippen LogP contribution in [0.5, 0.6) is 0 Å². The maximum atomic E-state index is 12.3. The van der Waals surface area contributed by atoms with E-state index in [-0.39, 0.29) is 30.4 Å². The quantitative estimate of drug-likeness (QED) is 0.758. The van der Waals surface area contributed by atoms with E-state index < -0.39 is 0 Å². The Balaban J connectivity index is 0.00000180. The van der Waals surface area contributed by atoms with Gasteiger partial charge in [0.2, 0.25) is 0 Å². The Morgan fingerprint density at radius 1 is 1.33 bits per heavy atom. The molecule has 2 aromatic rings. The molecular formula is C21H25ClN2O3. The molecule has 0 amide bonds. The lowest BCUT2D eigenvalue weighted by atomic mass is 9.72. The molecule has 1 N–H and O–H groups in total. The molecule has 1 unspecified atom stereocenters. The second kappa shape index (κ2) is 6.88. The number of aromatic amines is 1. The molecule has 1 aromatic carbocycles. The van der Waals surface area contributed by atoms with Crippen LogP contribution >= 0.6 is 12.4 Å². The van der Waals surface area contributed by atoms with Gasteiger partial charge in [-0.3, -0.25) is 4.90 Å². The lowest BCUT2D eigenvalue weighted by Gasteiger charge is -2.49. The maximum Gasteiger partial charge on any atom is 0.337 e. The molecule has 27 heavy (non-hydrogen) atoms. The summed E-state index contributed by atoms with van der Waals surface area (Å²) in [5, 5.41) is 1.34. The monoisotopic (exact) mass is 388 g/mol. The fraction of sp³-hybridized carbons (Fsp3) is 0.476. The summed E-state index contributed by atoms with van der Waals surface area (Å²) in [5.74, 6) is 0.258. The molecule has 3 aliphatic rings. The van der Waals surface area contributed by atoms with Crippen LogP contribution < -0.4 is 0 Å². The fourth-order valence-electron chi connectivity index (χ4n) is 5.19. The minimum Gasteiger partial charge on any atom is -0.497 e. The Hall–Kier alpha value is -1.98. The molecular weight excluding hydrogens is 364 g/mol. The highest BCUT2D eigenvalue weighted by Crippen LogP contribution is 2.47. The number of hydrogen-bond donors (Lipinski definition) is 1. The van der Waals surface area contributed by atoms with Crippen molar-refractivity contribution in [1.29, 1.82) is 0 Å². The van der Waals surface area contributed by atoms with E-state index in [0.29, 0.717) is 17.5 Å². The van der Waals surface area contributed by atoms with Crippen LogP contribution in [0.4, 0.5) is 0 Å². The first kappa shape index (κ1) is 18.4. The normalized spacial score (nSPS) is 29.5. The predicted octanol–water partition coefficient (Wildman–Crippen LogP) is 3.60. The molecule has 3 aliphatic heterocycles. The summed E-state index contributed by atoms with van der Waals surface area (Å²) in [4.78, 5) is 18.5. The highest BCUT2D eigenvalue weighted by atomic mass is 35.5. The molecule has 5 nitrogen and oxygen atoms in total. The van der Waals surface area contributed by atoms with Gasteiger partial charge in [0.05, 0.1) is 31.1 Å². The van der Waals surface area contributed by atoms with E-state index in [2.05, 4.69) is 41.1 Å². The zero-order chi connectivity index (χ0) is 17.8. The Morgan fingerprint density at radius 3 is 2.96 bits per heavy atom. The van der Waals surface area contributed by atoms with Crippen LogP contribution in [0.1, 0.15) is 30.6 Å². The van der Waals surface area contributed by atoms with Gasteiger partial charge < -0.3 is 14.5 Å². The van der Waals surface area contributed by atoms with Gasteiger partial charge in [-0.2, -0.15) is 0 Å². The number of aromatic nitrogens is 1. The molecule has 1 saturated heterocycles. The number of esters is 1. The third-order valence-electron chi connectivity index (χ3n) is 6.54. The fourth-order valence-corrected chi connectivity index (χ4v) is 5.19. The van der Waals surface area contributed by atoms with Crippen molar-refractivity contribution in [2.24, 2.45) is 11.8 Å². The van der Waals surface area contributed by atoms with Gasteiger partial charge in [0.15, 0.2) is 0 Å². The molecule has 1 aromatic heterocycles. The van der Waals surface area contributed by atoms with Crippen LogP contribution in [0.3, 0.4) is 0 Å². The van der Waals surface area contributed by atoms with Gasteiger partial charge in [-0.15, -0.1) is 12.4 Å². The van der Waals surface area contributed by atoms with E-state index in [9.17, 15) is 4.79 Å². The van der Waals surface area contributed by atoms with E-state index in [4.69, 9.17) is 9.47 Å². The second-order valence-electron chi connectivity index (χ2n) is 7.74. The largest absolute Gasteiger partial charge is 0.497 e. The molecule has 4 heterocycles. The van der Waals surface area contributed by atoms with Gasteiger partial charge in [0, 0.05) is 41.5 Å². The molecule has 5 rings (SSSR count). The van der Waals surface area contributed by atoms with E-state index in [1.165, 1.54) is 29.3 Å². The van der Waals surface area contributed by atoms with Crippen molar-refractivity contribution in [2.75, 3.05) is 20.2 Å². The third-order valence-corrected chi connectivity index (χ3v) is 6.54. The summed E-state index contributed by atoms with van der Waals surface area (Å²) in [6, 6.07) is 8.88. The molecule has 0 saturated carbocycles. The first-order valence-electron chi connectivity index (χ1n) is 9.44. The molecule has 0 aliphatic carbocycles. The number of carbonyl (C=O) groups excluding carboxylic acids is 1. The van der Waals surface area contributed by atoms with Crippen LogP contribution in [-0.4, -0.2) is 42.2 Å². The number of methoxy groups -OCH3 is 1. The zero-order valence-electron chi connectivity index (χ0n) is 15.6. The lowest BCUT2D eigenvalue weighted by molar-refractivity contribution is -0.139. The number of hydrogen-bond acceptors (Lipinski definition) is 4. The minimum absolute atomic E-state index is 0. The van der Waals surface area contributed by atoms with Crippen molar-refractivity contribution in [1.82, 2.24) is 9.88 Å². The topological polar surface area (TPSA) is 54.6 Å². The average Bonchev–Trinajstić information content (AvgIpc) is 3.06. The summed E-state index contributed by atoms with van der Waals surface area (Å²) < 4.78 is 10.8. The number of benzene rings is 1. The van der Waals surface area contributed by atoms with Crippen molar-refractivity contribution in [3.63, 3.8) is 0 Å². The second-order valence-corrected chi connectivity index (χ2v) is 7.74. The van der Waals surface area contributed by atoms with Gasteiger partial charge in [0.1, 0.15) is 0 Å². The molecule has 1 fully saturated rings. The Bertz CT molecular complexity index is 906. The molecule has 0 bridgehead atoms.